The van der Waals surface area contributed by atoms with E-state index in [1.165, 1.54) is 25.7 Å². The van der Waals surface area contributed by atoms with Gasteiger partial charge in [-0.15, -0.1) is 0 Å². The summed E-state index contributed by atoms with van der Waals surface area (Å²) >= 11 is 10.6. The molecule has 2 nitrogen and oxygen atoms in total. The maximum absolute atomic E-state index is 6.09. The molecule has 0 heterocycles. The fraction of sp³-hybridized carbons (Fsp3) is 0.500. The van der Waals surface area contributed by atoms with Crippen molar-refractivity contribution in [2.24, 2.45) is 0 Å². The lowest BCUT2D eigenvalue weighted by Crippen LogP contribution is -2.01. The third-order valence-corrected chi connectivity index (χ3v) is 5.68. The fourth-order valence-electron chi connectivity index (χ4n) is 2.65. The van der Waals surface area contributed by atoms with E-state index in [1.54, 1.807) is 0 Å². The van der Waals surface area contributed by atoms with E-state index in [2.05, 4.69) is 59.9 Å². The molecular weight excluding hydrogens is 512 g/mol. The summed E-state index contributed by atoms with van der Waals surface area (Å²) in [5, 5.41) is 4.33. The van der Waals surface area contributed by atoms with Crippen molar-refractivity contribution in [1.82, 2.24) is 0 Å². The van der Waals surface area contributed by atoms with Gasteiger partial charge in [0.1, 0.15) is 11.5 Å². The molecule has 0 unspecified atom stereocenters. The first kappa shape index (κ1) is 21.0. The number of ether oxygens (including phenoxy) is 2. The Kier molecular flexibility index (Phi) is 10.3. The monoisotopic (exact) mass is 534 g/mol. The van der Waals surface area contributed by atoms with Crippen LogP contribution in [0.5, 0.6) is 11.5 Å². The molecule has 0 N–H and O–H groups in total. The van der Waals surface area contributed by atoms with Crippen molar-refractivity contribution in [1.29, 1.82) is 0 Å². The fourth-order valence-corrected chi connectivity index (χ4v) is 3.98. The zero-order chi connectivity index (χ0) is 17.9. The van der Waals surface area contributed by atoms with Gasteiger partial charge in [0.05, 0.1) is 17.7 Å². The second-order valence-electron chi connectivity index (χ2n) is 5.93. The maximum atomic E-state index is 6.09. The summed E-state index contributed by atoms with van der Waals surface area (Å²) < 4.78 is 13.1. The van der Waals surface area contributed by atoms with Crippen LogP contribution in [0.3, 0.4) is 0 Å². The van der Waals surface area contributed by atoms with Crippen molar-refractivity contribution in [2.45, 2.75) is 38.5 Å². The Bertz CT molecular complexity index is 646. The van der Waals surface area contributed by atoms with Crippen LogP contribution in [0, 0.1) is 0 Å². The van der Waals surface area contributed by atoms with Gasteiger partial charge in [0.2, 0.25) is 0 Å². The average molecular weight is 537 g/mol. The molecule has 0 saturated carbocycles. The van der Waals surface area contributed by atoms with E-state index in [4.69, 9.17) is 9.47 Å². The summed E-state index contributed by atoms with van der Waals surface area (Å²) in [6.07, 6.45) is 6.88. The third-order valence-electron chi connectivity index (χ3n) is 3.97. The lowest BCUT2D eigenvalue weighted by atomic mass is 10.1. The molecule has 0 atom stereocenters. The molecule has 2 aromatic carbocycles. The Morgan fingerprint density at radius 2 is 1.32 bits per heavy atom. The molecule has 0 aromatic heterocycles. The largest absolute Gasteiger partial charge is 0.493 e. The summed E-state index contributed by atoms with van der Waals surface area (Å²) in [5.41, 5.74) is 0. The Morgan fingerprint density at radius 3 is 1.96 bits per heavy atom. The predicted molar refractivity (Wildman–Crippen MR) is 118 cm³/mol. The second-order valence-corrected chi connectivity index (χ2v) is 8.37. The Labute approximate surface area is 176 Å². The van der Waals surface area contributed by atoms with E-state index < -0.39 is 0 Å². The molecule has 0 radical (unpaired) electrons. The van der Waals surface area contributed by atoms with E-state index in [0.717, 1.165) is 63.5 Å². The lowest BCUT2D eigenvalue weighted by Gasteiger charge is -2.15. The molecule has 0 spiro atoms. The van der Waals surface area contributed by atoms with Crippen LogP contribution >= 0.6 is 47.8 Å². The molecule has 0 saturated heterocycles. The summed E-state index contributed by atoms with van der Waals surface area (Å²) in [5.74, 6) is 1.84. The molecule has 2 aromatic rings. The molecule has 5 heteroatoms. The molecule has 0 aliphatic carbocycles. The zero-order valence-electron chi connectivity index (χ0n) is 14.4. The van der Waals surface area contributed by atoms with E-state index in [9.17, 15) is 0 Å². The summed E-state index contributed by atoms with van der Waals surface area (Å²) in [7, 11) is 0. The van der Waals surface area contributed by atoms with Gasteiger partial charge in [0, 0.05) is 21.4 Å². The summed E-state index contributed by atoms with van der Waals surface area (Å²) in [4.78, 5) is 0. The molecule has 0 bridgehead atoms. The number of alkyl halides is 2. The molecule has 0 aliphatic rings. The van der Waals surface area contributed by atoms with Crippen LogP contribution in [0.1, 0.15) is 38.5 Å². The van der Waals surface area contributed by atoms with Gasteiger partial charge in [-0.25, -0.2) is 0 Å². The van der Waals surface area contributed by atoms with Crippen LogP contribution in [0.15, 0.2) is 34.8 Å². The van der Waals surface area contributed by atoms with Gasteiger partial charge >= 0.3 is 0 Å². The zero-order valence-corrected chi connectivity index (χ0v) is 19.2. The van der Waals surface area contributed by atoms with Crippen LogP contribution in [0.2, 0.25) is 0 Å². The predicted octanol–water partition coefficient (Wildman–Crippen LogP) is 7.49. The molecule has 0 aliphatic heterocycles. The van der Waals surface area contributed by atoms with Crippen LogP contribution < -0.4 is 9.47 Å². The molecule has 0 amide bonds. The molecular formula is C20H25Br3O2. The van der Waals surface area contributed by atoms with Crippen molar-refractivity contribution >= 4 is 58.6 Å². The Balaban J connectivity index is 2.07. The number of hydrogen-bond donors (Lipinski definition) is 0. The minimum atomic E-state index is 0.738. The topological polar surface area (TPSA) is 18.5 Å². The van der Waals surface area contributed by atoms with E-state index >= 15 is 0 Å². The number of hydrogen-bond acceptors (Lipinski definition) is 2. The van der Waals surface area contributed by atoms with Crippen LogP contribution in [0.4, 0.5) is 0 Å². The van der Waals surface area contributed by atoms with Gasteiger partial charge < -0.3 is 9.47 Å². The molecule has 0 fully saturated rings. The normalized spacial score (nSPS) is 11.0. The minimum Gasteiger partial charge on any atom is -0.493 e. The summed E-state index contributed by atoms with van der Waals surface area (Å²) in [6, 6.07) is 10.3. The number of benzene rings is 2. The maximum Gasteiger partial charge on any atom is 0.141 e. The molecule has 2 rings (SSSR count). The van der Waals surface area contributed by atoms with Gasteiger partial charge in [0.25, 0.3) is 0 Å². The number of unbranched alkanes of at least 4 members (excludes halogenated alkanes) is 4. The van der Waals surface area contributed by atoms with Gasteiger partial charge in [0.15, 0.2) is 0 Å². The van der Waals surface area contributed by atoms with Crippen LogP contribution in [-0.4, -0.2) is 23.9 Å². The highest BCUT2D eigenvalue weighted by Gasteiger charge is 2.12. The Hall–Kier alpha value is -0.260. The first-order chi connectivity index (χ1) is 12.3. The van der Waals surface area contributed by atoms with Crippen molar-refractivity contribution in [2.75, 3.05) is 23.9 Å². The van der Waals surface area contributed by atoms with E-state index in [0.29, 0.717) is 0 Å². The van der Waals surface area contributed by atoms with Crippen molar-refractivity contribution in [3.8, 4) is 11.5 Å². The van der Waals surface area contributed by atoms with Crippen LogP contribution in [-0.2, 0) is 0 Å². The van der Waals surface area contributed by atoms with Crippen molar-refractivity contribution in [3.05, 3.63) is 34.8 Å². The van der Waals surface area contributed by atoms with Crippen LogP contribution in [0.25, 0.3) is 10.8 Å². The SMILES string of the molecule is BrCCCCCOc1cc(Br)c(OCCCCCBr)c2ccccc12. The highest BCUT2D eigenvalue weighted by atomic mass is 79.9. The minimum absolute atomic E-state index is 0.738. The van der Waals surface area contributed by atoms with Gasteiger partial charge in [-0.05, 0) is 60.5 Å². The smallest absolute Gasteiger partial charge is 0.141 e. The molecule has 25 heavy (non-hydrogen) atoms. The van der Waals surface area contributed by atoms with Crippen molar-refractivity contribution < 1.29 is 9.47 Å². The first-order valence-corrected chi connectivity index (χ1v) is 11.9. The number of halogens is 3. The van der Waals surface area contributed by atoms with Gasteiger partial charge in [-0.2, -0.15) is 0 Å². The Morgan fingerprint density at radius 1 is 0.720 bits per heavy atom. The number of rotatable bonds is 12. The quantitative estimate of drug-likeness (QED) is 0.207. The summed E-state index contributed by atoms with van der Waals surface area (Å²) in [6.45, 7) is 1.48. The van der Waals surface area contributed by atoms with Gasteiger partial charge in [-0.3, -0.25) is 0 Å². The highest BCUT2D eigenvalue weighted by molar-refractivity contribution is 9.10. The standard InChI is InChI=1S/C20H25Br3O2/c21-11-5-1-7-13-24-19-15-18(23)20(25-14-8-2-6-12-22)17-10-4-3-9-16(17)19/h3-4,9-10,15H,1-2,5-8,11-14H2. The van der Waals surface area contributed by atoms with Crippen molar-refractivity contribution in [3.63, 3.8) is 0 Å². The lowest BCUT2D eigenvalue weighted by molar-refractivity contribution is 0.302. The first-order valence-electron chi connectivity index (χ1n) is 8.86. The average Bonchev–Trinajstić information content (AvgIpc) is 2.63. The van der Waals surface area contributed by atoms with E-state index in [-0.39, 0.29) is 0 Å². The third kappa shape index (κ3) is 6.76. The molecule has 138 valence electrons. The second kappa shape index (κ2) is 12.2. The number of fused-ring (bicyclic) bond motifs is 1. The highest BCUT2D eigenvalue weighted by Crippen LogP contribution is 2.40. The van der Waals surface area contributed by atoms with E-state index in [1.807, 2.05) is 18.2 Å². The van der Waals surface area contributed by atoms with Gasteiger partial charge in [-0.1, -0.05) is 56.1 Å².